The van der Waals surface area contributed by atoms with E-state index in [1.807, 2.05) is 31.2 Å². The molecule has 0 spiro atoms. The van der Waals surface area contributed by atoms with Crippen LogP contribution in [0.4, 0.5) is 5.69 Å². The number of carbonyl (C=O) groups excluding carboxylic acids is 1. The zero-order chi connectivity index (χ0) is 12.7. The summed E-state index contributed by atoms with van der Waals surface area (Å²) in [5.74, 6) is 0. The molecule has 1 aromatic rings. The fourth-order valence-electron chi connectivity index (χ4n) is 1.72. The van der Waals surface area contributed by atoms with Crippen LogP contribution in [0.15, 0.2) is 30.9 Å². The van der Waals surface area contributed by atoms with Crippen molar-refractivity contribution in [3.8, 4) is 0 Å². The Labute approximate surface area is 103 Å². The predicted octanol–water partition coefficient (Wildman–Crippen LogP) is 2.45. The predicted molar refractivity (Wildman–Crippen MR) is 70.9 cm³/mol. The summed E-state index contributed by atoms with van der Waals surface area (Å²) in [6, 6.07) is 5.87. The highest BCUT2D eigenvalue weighted by Gasteiger charge is 2.09. The van der Waals surface area contributed by atoms with E-state index in [1.54, 1.807) is 7.11 Å². The first-order chi connectivity index (χ1) is 8.22. The van der Waals surface area contributed by atoms with Crippen molar-refractivity contribution in [1.29, 1.82) is 0 Å². The Balaban J connectivity index is 2.99. The molecular weight excluding hydrogens is 214 g/mol. The van der Waals surface area contributed by atoms with Crippen LogP contribution in [-0.2, 0) is 4.74 Å². The number of anilines is 1. The Kier molecular flexibility index (Phi) is 5.43. The Bertz CT molecular complexity index is 388. The minimum atomic E-state index is 0.625. The third-order valence-corrected chi connectivity index (χ3v) is 2.57. The van der Waals surface area contributed by atoms with Gasteiger partial charge in [0.25, 0.3) is 0 Å². The van der Waals surface area contributed by atoms with Crippen LogP contribution in [0.3, 0.4) is 0 Å². The molecule has 0 aliphatic rings. The molecule has 0 heterocycles. The first-order valence-corrected chi connectivity index (χ1v) is 5.63. The molecule has 0 radical (unpaired) electrons. The molecule has 0 atom stereocenters. The highest BCUT2D eigenvalue weighted by atomic mass is 16.5. The summed E-state index contributed by atoms with van der Waals surface area (Å²) in [6.07, 6.45) is 2.72. The van der Waals surface area contributed by atoms with Crippen LogP contribution in [0.5, 0.6) is 0 Å². The van der Waals surface area contributed by atoms with E-state index in [4.69, 9.17) is 4.74 Å². The lowest BCUT2D eigenvalue weighted by Crippen LogP contribution is -2.28. The quantitative estimate of drug-likeness (QED) is 0.535. The number of ether oxygens (including phenoxy) is 1. The topological polar surface area (TPSA) is 29.5 Å². The summed E-state index contributed by atoms with van der Waals surface area (Å²) in [6.45, 7) is 7.78. The molecule has 0 fully saturated rings. The van der Waals surface area contributed by atoms with Gasteiger partial charge in [0.05, 0.1) is 6.61 Å². The van der Waals surface area contributed by atoms with Gasteiger partial charge in [-0.15, -0.1) is 6.58 Å². The van der Waals surface area contributed by atoms with Crippen molar-refractivity contribution in [3.63, 3.8) is 0 Å². The van der Waals surface area contributed by atoms with Gasteiger partial charge in [-0.25, -0.2) is 0 Å². The number of methoxy groups -OCH3 is 1. The standard InChI is InChI=1S/C14H19NO2/c1-4-7-15(8-9-17-3)14-6-5-12(2)10-13(14)11-16/h4-6,10-11H,1,7-9H2,2-3H3. The van der Waals surface area contributed by atoms with Crippen LogP contribution in [0.1, 0.15) is 15.9 Å². The van der Waals surface area contributed by atoms with Crippen LogP contribution >= 0.6 is 0 Å². The molecule has 0 aromatic heterocycles. The van der Waals surface area contributed by atoms with E-state index < -0.39 is 0 Å². The Hall–Kier alpha value is -1.61. The zero-order valence-electron chi connectivity index (χ0n) is 10.5. The van der Waals surface area contributed by atoms with E-state index in [2.05, 4.69) is 11.5 Å². The summed E-state index contributed by atoms with van der Waals surface area (Å²) in [7, 11) is 1.67. The number of hydrogen-bond acceptors (Lipinski definition) is 3. The highest BCUT2D eigenvalue weighted by Crippen LogP contribution is 2.20. The second-order valence-corrected chi connectivity index (χ2v) is 3.91. The first kappa shape index (κ1) is 13.5. The van der Waals surface area contributed by atoms with Crippen LogP contribution < -0.4 is 4.90 Å². The van der Waals surface area contributed by atoms with Gasteiger partial charge >= 0.3 is 0 Å². The molecule has 3 nitrogen and oxygen atoms in total. The van der Waals surface area contributed by atoms with Crippen LogP contribution in [0.25, 0.3) is 0 Å². The molecule has 3 heteroatoms. The maximum Gasteiger partial charge on any atom is 0.152 e. The number of benzene rings is 1. The second kappa shape index (κ2) is 6.86. The lowest BCUT2D eigenvalue weighted by molar-refractivity contribution is 0.112. The van der Waals surface area contributed by atoms with Crippen molar-refractivity contribution < 1.29 is 9.53 Å². The number of nitrogens with zero attached hydrogens (tertiary/aromatic N) is 1. The lowest BCUT2D eigenvalue weighted by Gasteiger charge is -2.24. The van der Waals surface area contributed by atoms with Crippen molar-refractivity contribution in [2.45, 2.75) is 6.92 Å². The van der Waals surface area contributed by atoms with Gasteiger partial charge in [0.1, 0.15) is 0 Å². The third-order valence-electron chi connectivity index (χ3n) is 2.57. The number of hydrogen-bond donors (Lipinski definition) is 0. The second-order valence-electron chi connectivity index (χ2n) is 3.91. The molecule has 0 bridgehead atoms. The Morgan fingerprint density at radius 1 is 1.47 bits per heavy atom. The molecule has 0 saturated carbocycles. The zero-order valence-corrected chi connectivity index (χ0v) is 10.5. The van der Waals surface area contributed by atoms with Crippen molar-refractivity contribution in [2.75, 3.05) is 31.7 Å². The summed E-state index contributed by atoms with van der Waals surface area (Å²) >= 11 is 0. The minimum absolute atomic E-state index is 0.625. The Morgan fingerprint density at radius 2 is 2.24 bits per heavy atom. The van der Waals surface area contributed by atoms with Gasteiger partial charge < -0.3 is 9.64 Å². The smallest absolute Gasteiger partial charge is 0.152 e. The average Bonchev–Trinajstić information content (AvgIpc) is 2.34. The fourth-order valence-corrected chi connectivity index (χ4v) is 1.72. The average molecular weight is 233 g/mol. The molecule has 0 N–H and O–H groups in total. The lowest BCUT2D eigenvalue weighted by atomic mass is 10.1. The van der Waals surface area contributed by atoms with Gasteiger partial charge in [-0.05, 0) is 19.1 Å². The normalized spacial score (nSPS) is 10.0. The number of carbonyl (C=O) groups is 1. The molecule has 0 unspecified atom stereocenters. The maximum absolute atomic E-state index is 11.1. The fraction of sp³-hybridized carbons (Fsp3) is 0.357. The largest absolute Gasteiger partial charge is 0.383 e. The van der Waals surface area contributed by atoms with Crippen LogP contribution in [-0.4, -0.2) is 33.1 Å². The molecule has 0 saturated heterocycles. The van der Waals surface area contributed by atoms with Crippen LogP contribution in [0, 0.1) is 6.92 Å². The molecule has 17 heavy (non-hydrogen) atoms. The summed E-state index contributed by atoms with van der Waals surface area (Å²) < 4.78 is 5.07. The molecular formula is C14H19NO2. The van der Waals surface area contributed by atoms with Gasteiger partial charge in [0.2, 0.25) is 0 Å². The van der Waals surface area contributed by atoms with Gasteiger partial charge in [-0.1, -0.05) is 17.7 Å². The van der Waals surface area contributed by atoms with Crippen molar-refractivity contribution in [1.82, 2.24) is 0 Å². The van der Waals surface area contributed by atoms with Crippen molar-refractivity contribution in [2.24, 2.45) is 0 Å². The van der Waals surface area contributed by atoms with Gasteiger partial charge in [0, 0.05) is 31.5 Å². The van der Waals surface area contributed by atoms with E-state index >= 15 is 0 Å². The van der Waals surface area contributed by atoms with E-state index in [1.165, 1.54) is 0 Å². The van der Waals surface area contributed by atoms with E-state index in [9.17, 15) is 4.79 Å². The number of rotatable bonds is 7. The van der Waals surface area contributed by atoms with Gasteiger partial charge in [0.15, 0.2) is 6.29 Å². The van der Waals surface area contributed by atoms with Crippen molar-refractivity contribution in [3.05, 3.63) is 42.0 Å². The molecule has 0 amide bonds. The summed E-state index contributed by atoms with van der Waals surface area (Å²) in [5, 5.41) is 0. The highest BCUT2D eigenvalue weighted by molar-refractivity contribution is 5.85. The monoisotopic (exact) mass is 233 g/mol. The number of aldehydes is 1. The maximum atomic E-state index is 11.1. The molecule has 1 aromatic carbocycles. The SMILES string of the molecule is C=CCN(CCOC)c1ccc(C)cc1C=O. The molecule has 92 valence electrons. The molecule has 0 aliphatic heterocycles. The Morgan fingerprint density at radius 3 is 2.82 bits per heavy atom. The molecule has 0 aliphatic carbocycles. The van der Waals surface area contributed by atoms with Crippen LogP contribution in [0.2, 0.25) is 0 Å². The van der Waals surface area contributed by atoms with E-state index in [-0.39, 0.29) is 0 Å². The van der Waals surface area contributed by atoms with Gasteiger partial charge in [-0.2, -0.15) is 0 Å². The van der Waals surface area contributed by atoms with Gasteiger partial charge in [-0.3, -0.25) is 4.79 Å². The summed E-state index contributed by atoms with van der Waals surface area (Å²) in [5.41, 5.74) is 2.73. The van der Waals surface area contributed by atoms with E-state index in [0.29, 0.717) is 18.7 Å². The third kappa shape index (κ3) is 3.71. The van der Waals surface area contributed by atoms with Crippen molar-refractivity contribution >= 4 is 12.0 Å². The first-order valence-electron chi connectivity index (χ1n) is 5.63. The molecule has 1 rings (SSSR count). The number of aryl methyl sites for hydroxylation is 1. The van der Waals surface area contributed by atoms with E-state index in [0.717, 1.165) is 24.1 Å². The minimum Gasteiger partial charge on any atom is -0.383 e. The summed E-state index contributed by atoms with van der Waals surface area (Å²) in [4.78, 5) is 13.2.